The fourth-order valence-corrected chi connectivity index (χ4v) is 11.0. The topological polar surface area (TPSA) is 69.4 Å². The maximum absolute atomic E-state index is 5.69. The SMILES string of the molecule is CCCCc1cc(CCCC)cc(-c2nc(-c3cc(C(C)CCC)cc(C(C)(C)C)c3)nc(-c3cc(-c4nc(-c5ccccc5)cc(-c5ccccc5)n4)ccc3-n3c4ccccc4c4cc(-c5ccccc5)ccc43)n2)c1. The van der Waals surface area contributed by atoms with Gasteiger partial charge in [0.05, 0.1) is 28.1 Å². The molecule has 8 aromatic carbocycles. The Bertz CT molecular complexity index is 3800. The van der Waals surface area contributed by atoms with Crippen molar-refractivity contribution in [3.8, 4) is 84.9 Å². The van der Waals surface area contributed by atoms with Crippen molar-refractivity contribution in [2.24, 2.45) is 0 Å². The summed E-state index contributed by atoms with van der Waals surface area (Å²) in [5.74, 6) is 2.88. The van der Waals surface area contributed by atoms with Crippen LogP contribution in [0, 0.1) is 0 Å². The van der Waals surface area contributed by atoms with Gasteiger partial charge in [-0.1, -0.05) is 195 Å². The molecule has 0 saturated heterocycles. The third kappa shape index (κ3) is 11.0. The van der Waals surface area contributed by atoms with E-state index in [-0.39, 0.29) is 5.41 Å². The monoisotopic (exact) mass is 1020 g/mol. The molecule has 0 spiro atoms. The Kier molecular flexibility index (Phi) is 15.1. The summed E-state index contributed by atoms with van der Waals surface area (Å²) in [5.41, 5.74) is 18.0. The molecule has 6 heteroatoms. The van der Waals surface area contributed by atoms with Crippen molar-refractivity contribution in [3.63, 3.8) is 0 Å². The van der Waals surface area contributed by atoms with Crippen LogP contribution in [0.4, 0.5) is 0 Å². The largest absolute Gasteiger partial charge is 0.309 e. The number of rotatable bonds is 17. The van der Waals surface area contributed by atoms with Crippen LogP contribution in [-0.4, -0.2) is 29.5 Å². The quantitative estimate of drug-likeness (QED) is 0.0909. The zero-order chi connectivity index (χ0) is 53.8. The van der Waals surface area contributed by atoms with E-state index < -0.39 is 0 Å². The molecule has 0 bridgehead atoms. The number of aromatic nitrogens is 6. The number of benzene rings is 8. The first-order chi connectivity index (χ1) is 38.0. The first kappa shape index (κ1) is 51.7. The summed E-state index contributed by atoms with van der Waals surface area (Å²) in [6.07, 6.45) is 8.67. The van der Waals surface area contributed by atoms with Crippen molar-refractivity contribution in [1.82, 2.24) is 29.5 Å². The summed E-state index contributed by atoms with van der Waals surface area (Å²) in [5, 5.41) is 2.33. The normalized spacial score (nSPS) is 12.1. The molecule has 6 nitrogen and oxygen atoms in total. The number of aryl methyl sites for hydroxylation is 2. The van der Waals surface area contributed by atoms with Crippen LogP contribution in [0.3, 0.4) is 0 Å². The van der Waals surface area contributed by atoms with Gasteiger partial charge in [0.15, 0.2) is 23.3 Å². The Morgan fingerprint density at radius 2 is 0.949 bits per heavy atom. The lowest BCUT2D eigenvalue weighted by Crippen LogP contribution is -2.13. The van der Waals surface area contributed by atoms with Crippen LogP contribution in [0.15, 0.2) is 194 Å². The first-order valence-electron chi connectivity index (χ1n) is 28.3. The van der Waals surface area contributed by atoms with Crippen LogP contribution in [0.1, 0.15) is 115 Å². The second-order valence-corrected chi connectivity index (χ2v) is 22.2. The van der Waals surface area contributed by atoms with Gasteiger partial charge in [-0.05, 0) is 144 Å². The molecule has 0 amide bonds. The second kappa shape index (κ2) is 22.7. The van der Waals surface area contributed by atoms with Gasteiger partial charge in [0, 0.05) is 44.2 Å². The maximum atomic E-state index is 5.69. The molecular formula is C72H70N6. The average Bonchev–Trinajstić information content (AvgIpc) is 3.96. The van der Waals surface area contributed by atoms with Gasteiger partial charge in [-0.3, -0.25) is 0 Å². The summed E-state index contributed by atoms with van der Waals surface area (Å²) < 4.78 is 2.40. The molecular weight excluding hydrogens is 949 g/mol. The van der Waals surface area contributed by atoms with Crippen LogP contribution in [0.25, 0.3) is 107 Å². The number of unbranched alkanes of at least 4 members (excludes halogenated alkanes) is 2. The Hall–Kier alpha value is -8.35. The lowest BCUT2D eigenvalue weighted by Gasteiger charge is -2.23. The van der Waals surface area contributed by atoms with Crippen LogP contribution in [-0.2, 0) is 18.3 Å². The lowest BCUT2D eigenvalue weighted by atomic mass is 9.82. The van der Waals surface area contributed by atoms with Gasteiger partial charge in [-0.25, -0.2) is 24.9 Å². The Labute approximate surface area is 461 Å². The van der Waals surface area contributed by atoms with Crippen LogP contribution >= 0.6 is 0 Å². The Morgan fingerprint density at radius 3 is 1.55 bits per heavy atom. The second-order valence-electron chi connectivity index (χ2n) is 22.2. The van der Waals surface area contributed by atoms with E-state index in [0.717, 1.165) is 113 Å². The van der Waals surface area contributed by atoms with E-state index in [9.17, 15) is 0 Å². The highest BCUT2D eigenvalue weighted by atomic mass is 15.1. The first-order valence-corrected chi connectivity index (χ1v) is 28.3. The van der Waals surface area contributed by atoms with E-state index >= 15 is 0 Å². The molecule has 11 rings (SSSR count). The van der Waals surface area contributed by atoms with E-state index in [1.54, 1.807) is 0 Å². The van der Waals surface area contributed by atoms with Gasteiger partial charge < -0.3 is 4.57 Å². The number of hydrogen-bond acceptors (Lipinski definition) is 5. The highest BCUT2D eigenvalue weighted by molar-refractivity contribution is 6.11. The minimum absolute atomic E-state index is 0.109. The molecule has 0 saturated carbocycles. The minimum atomic E-state index is -0.109. The molecule has 0 aliphatic carbocycles. The Balaban J connectivity index is 1.22. The summed E-state index contributed by atoms with van der Waals surface area (Å²) in [6, 6.07) is 69.9. The van der Waals surface area contributed by atoms with Gasteiger partial charge >= 0.3 is 0 Å². The molecule has 0 aliphatic heterocycles. The van der Waals surface area contributed by atoms with Crippen molar-refractivity contribution >= 4 is 21.8 Å². The summed E-state index contributed by atoms with van der Waals surface area (Å²) >= 11 is 0. The van der Waals surface area contributed by atoms with Gasteiger partial charge in [0.25, 0.3) is 0 Å². The van der Waals surface area contributed by atoms with Gasteiger partial charge in [-0.2, -0.15) is 0 Å². The third-order valence-corrected chi connectivity index (χ3v) is 15.3. The summed E-state index contributed by atoms with van der Waals surface area (Å²) in [4.78, 5) is 27.7. The molecule has 0 fully saturated rings. The lowest BCUT2D eigenvalue weighted by molar-refractivity contribution is 0.586. The molecule has 3 aromatic heterocycles. The summed E-state index contributed by atoms with van der Waals surface area (Å²) in [7, 11) is 0. The highest BCUT2D eigenvalue weighted by Crippen LogP contribution is 2.41. The van der Waals surface area contributed by atoms with Crippen molar-refractivity contribution in [3.05, 3.63) is 216 Å². The maximum Gasteiger partial charge on any atom is 0.166 e. The van der Waals surface area contributed by atoms with Crippen LogP contribution < -0.4 is 0 Å². The van der Waals surface area contributed by atoms with Crippen LogP contribution in [0.2, 0.25) is 0 Å². The number of nitrogens with zero attached hydrogens (tertiary/aromatic N) is 6. The minimum Gasteiger partial charge on any atom is -0.309 e. The van der Waals surface area contributed by atoms with Gasteiger partial charge in [-0.15, -0.1) is 0 Å². The predicted octanol–water partition coefficient (Wildman–Crippen LogP) is 19.3. The standard InChI is InChI=1S/C72H70N6/c1-8-11-25-49-39-50(26-12-9-2)41-57(40-49)69-75-70(58-42-56(48(4)24-10-3)43-59(44-58)72(5,6)7)77-71(76-69)62-46-55(68-73-63(52-29-18-14-19-30-52)47-64(74-68)53-31-20-15-21-32-53)36-38-67(62)78-65-34-23-22-33-60(65)61-45-54(35-37-66(61)78)51-27-16-13-17-28-51/h13-23,27-48H,8-12,24-26H2,1-7H3. The smallest absolute Gasteiger partial charge is 0.166 e. The number of para-hydroxylation sites is 1. The molecule has 1 unspecified atom stereocenters. The fourth-order valence-electron chi connectivity index (χ4n) is 11.0. The number of fused-ring (bicyclic) bond motifs is 3. The summed E-state index contributed by atoms with van der Waals surface area (Å²) in [6.45, 7) is 16.1. The molecule has 388 valence electrons. The van der Waals surface area contributed by atoms with E-state index in [0.29, 0.717) is 29.2 Å². The number of hydrogen-bond donors (Lipinski definition) is 0. The van der Waals surface area contributed by atoms with Crippen LogP contribution in [0.5, 0.6) is 0 Å². The molecule has 11 aromatic rings. The predicted molar refractivity (Wildman–Crippen MR) is 327 cm³/mol. The van der Waals surface area contributed by atoms with Crippen molar-refractivity contribution in [2.45, 2.75) is 111 Å². The van der Waals surface area contributed by atoms with Crippen molar-refractivity contribution in [1.29, 1.82) is 0 Å². The van der Waals surface area contributed by atoms with E-state index in [1.807, 2.05) is 12.1 Å². The molecule has 0 radical (unpaired) electrons. The van der Waals surface area contributed by atoms with Gasteiger partial charge in [0.1, 0.15) is 0 Å². The highest BCUT2D eigenvalue weighted by Gasteiger charge is 2.24. The Morgan fingerprint density at radius 1 is 0.410 bits per heavy atom. The van der Waals surface area contributed by atoms with Gasteiger partial charge in [0.2, 0.25) is 0 Å². The molecule has 0 aliphatic rings. The molecule has 0 N–H and O–H groups in total. The fraction of sp³-hybridized carbons (Fsp3) is 0.236. The zero-order valence-electron chi connectivity index (χ0n) is 46.4. The van der Waals surface area contributed by atoms with E-state index in [1.165, 1.54) is 44.2 Å². The van der Waals surface area contributed by atoms with Crippen molar-refractivity contribution < 1.29 is 0 Å². The van der Waals surface area contributed by atoms with E-state index in [2.05, 4.69) is 235 Å². The van der Waals surface area contributed by atoms with E-state index in [4.69, 9.17) is 24.9 Å². The third-order valence-electron chi connectivity index (χ3n) is 15.3. The molecule has 78 heavy (non-hydrogen) atoms. The van der Waals surface area contributed by atoms with Crippen molar-refractivity contribution in [2.75, 3.05) is 0 Å². The zero-order valence-corrected chi connectivity index (χ0v) is 46.4. The average molecular weight is 1020 g/mol. The molecule has 1 atom stereocenters. The molecule has 3 heterocycles.